The van der Waals surface area contributed by atoms with Gasteiger partial charge in [-0.25, -0.2) is 5.10 Å². The molecule has 138 valence electrons. The van der Waals surface area contributed by atoms with Crippen LogP contribution in [0.4, 0.5) is 5.69 Å². The molecular weight excluding hydrogens is 346 g/mol. The maximum Gasteiger partial charge on any atom is 0.264 e. The smallest absolute Gasteiger partial charge is 0.264 e. The minimum absolute atomic E-state index is 0.152. The highest BCUT2D eigenvalue weighted by Gasteiger charge is 2.09. The number of carbonyl (C=O) groups excluding carboxylic acids is 1. The molecule has 0 saturated heterocycles. The van der Waals surface area contributed by atoms with Gasteiger partial charge < -0.3 is 14.8 Å². The Morgan fingerprint density at radius 2 is 1.96 bits per heavy atom. The topological polar surface area (TPSA) is 93.3 Å². The highest BCUT2D eigenvalue weighted by molar-refractivity contribution is 5.92. The molecule has 3 aromatic rings. The van der Waals surface area contributed by atoms with Gasteiger partial charge >= 0.3 is 0 Å². The molecular formula is C20H19N3O4. The van der Waals surface area contributed by atoms with E-state index in [0.29, 0.717) is 22.9 Å². The predicted octanol–water partition coefficient (Wildman–Crippen LogP) is 2.77. The fraction of sp³-hybridized carbons (Fsp3) is 0.150. The monoisotopic (exact) mass is 365 g/mol. The van der Waals surface area contributed by atoms with Gasteiger partial charge in [-0.05, 0) is 42.8 Å². The molecule has 7 heteroatoms. The second-order valence-corrected chi connectivity index (χ2v) is 5.88. The molecule has 0 aliphatic rings. The highest BCUT2D eigenvalue weighted by Crippen LogP contribution is 2.27. The number of methoxy groups -OCH3 is 1. The van der Waals surface area contributed by atoms with Gasteiger partial charge in [0.2, 0.25) is 0 Å². The Labute approximate surface area is 156 Å². The molecule has 0 fully saturated rings. The van der Waals surface area contributed by atoms with Gasteiger partial charge in [0.05, 0.1) is 12.8 Å². The zero-order valence-electron chi connectivity index (χ0n) is 15.0. The molecule has 0 atom stereocenters. The number of anilines is 1. The van der Waals surface area contributed by atoms with E-state index in [2.05, 4.69) is 15.5 Å². The number of hydrogen-bond donors (Lipinski definition) is 2. The van der Waals surface area contributed by atoms with Gasteiger partial charge in [-0.15, -0.1) is 0 Å². The lowest BCUT2D eigenvalue weighted by Gasteiger charge is -2.12. The van der Waals surface area contributed by atoms with Gasteiger partial charge in [0.15, 0.2) is 18.1 Å². The Bertz CT molecular complexity index is 994. The molecule has 0 aliphatic heterocycles. The molecule has 0 unspecified atom stereocenters. The quantitative estimate of drug-likeness (QED) is 0.701. The first-order chi connectivity index (χ1) is 13.0. The highest BCUT2D eigenvalue weighted by atomic mass is 16.5. The SMILES string of the molecule is COc1cc(C)ccc1OCC(=O)Nc1cccc(-c2ccc(=O)[nH]n2)c1. The summed E-state index contributed by atoms with van der Waals surface area (Å²) in [6.45, 7) is 1.80. The van der Waals surface area contributed by atoms with Gasteiger partial charge in [-0.1, -0.05) is 18.2 Å². The van der Waals surface area contributed by atoms with Crippen LogP contribution in [0.5, 0.6) is 11.5 Å². The molecule has 3 rings (SSSR count). The van der Waals surface area contributed by atoms with Crippen LogP contribution in [-0.4, -0.2) is 29.8 Å². The lowest BCUT2D eigenvalue weighted by atomic mass is 10.1. The predicted molar refractivity (Wildman–Crippen MR) is 102 cm³/mol. The van der Waals surface area contributed by atoms with E-state index in [9.17, 15) is 9.59 Å². The third-order valence-corrected chi connectivity index (χ3v) is 3.80. The zero-order valence-corrected chi connectivity index (χ0v) is 15.0. The van der Waals surface area contributed by atoms with E-state index in [-0.39, 0.29) is 18.1 Å². The number of aromatic amines is 1. The third kappa shape index (κ3) is 4.72. The average Bonchev–Trinajstić information content (AvgIpc) is 2.67. The van der Waals surface area contributed by atoms with Crippen LogP contribution in [0.15, 0.2) is 59.4 Å². The largest absolute Gasteiger partial charge is 0.493 e. The normalized spacial score (nSPS) is 10.3. The molecule has 0 spiro atoms. The van der Waals surface area contributed by atoms with Crippen molar-refractivity contribution in [1.82, 2.24) is 10.2 Å². The standard InChI is InChI=1S/C20H19N3O4/c1-13-6-8-17(18(10-13)26-2)27-12-20(25)21-15-5-3-4-14(11-15)16-7-9-19(24)23-22-16/h3-11H,12H2,1-2H3,(H,21,25)(H,23,24). The Morgan fingerprint density at radius 3 is 2.70 bits per heavy atom. The van der Waals surface area contributed by atoms with Crippen molar-refractivity contribution in [2.24, 2.45) is 0 Å². The molecule has 2 aromatic carbocycles. The van der Waals surface area contributed by atoms with Crippen molar-refractivity contribution < 1.29 is 14.3 Å². The van der Waals surface area contributed by atoms with E-state index >= 15 is 0 Å². The van der Waals surface area contributed by atoms with E-state index in [1.54, 1.807) is 37.4 Å². The van der Waals surface area contributed by atoms with Crippen molar-refractivity contribution in [3.8, 4) is 22.8 Å². The summed E-state index contributed by atoms with van der Waals surface area (Å²) in [6.07, 6.45) is 0. The zero-order chi connectivity index (χ0) is 19.2. The Morgan fingerprint density at radius 1 is 1.11 bits per heavy atom. The first kappa shape index (κ1) is 18.2. The summed E-state index contributed by atoms with van der Waals surface area (Å²) >= 11 is 0. The van der Waals surface area contributed by atoms with Crippen molar-refractivity contribution in [2.75, 3.05) is 19.0 Å². The average molecular weight is 365 g/mol. The summed E-state index contributed by atoms with van der Waals surface area (Å²) < 4.78 is 10.8. The molecule has 0 bridgehead atoms. The number of rotatable bonds is 6. The maximum absolute atomic E-state index is 12.2. The third-order valence-electron chi connectivity index (χ3n) is 3.80. The second-order valence-electron chi connectivity index (χ2n) is 5.88. The van der Waals surface area contributed by atoms with Crippen molar-refractivity contribution in [2.45, 2.75) is 6.92 Å². The molecule has 0 aliphatic carbocycles. The van der Waals surface area contributed by atoms with Crippen LogP contribution in [0.3, 0.4) is 0 Å². The van der Waals surface area contributed by atoms with Crippen LogP contribution in [0.25, 0.3) is 11.3 Å². The fourth-order valence-corrected chi connectivity index (χ4v) is 2.50. The van der Waals surface area contributed by atoms with Crippen molar-refractivity contribution in [3.63, 3.8) is 0 Å². The van der Waals surface area contributed by atoms with Crippen LogP contribution in [-0.2, 0) is 4.79 Å². The number of benzene rings is 2. The Kier molecular flexibility index (Phi) is 5.51. The number of amides is 1. The minimum atomic E-state index is -0.302. The fourth-order valence-electron chi connectivity index (χ4n) is 2.50. The number of aryl methyl sites for hydroxylation is 1. The van der Waals surface area contributed by atoms with Crippen LogP contribution in [0, 0.1) is 6.92 Å². The summed E-state index contributed by atoms with van der Waals surface area (Å²) in [5.41, 5.74) is 2.74. The number of nitrogens with zero attached hydrogens (tertiary/aromatic N) is 1. The van der Waals surface area contributed by atoms with Crippen LogP contribution >= 0.6 is 0 Å². The summed E-state index contributed by atoms with van der Waals surface area (Å²) in [5, 5.41) is 9.15. The van der Waals surface area contributed by atoms with E-state index in [1.165, 1.54) is 6.07 Å². The lowest BCUT2D eigenvalue weighted by molar-refractivity contribution is -0.118. The number of hydrogen-bond acceptors (Lipinski definition) is 5. The van der Waals surface area contributed by atoms with E-state index in [4.69, 9.17) is 9.47 Å². The van der Waals surface area contributed by atoms with Gasteiger partial charge in [0.1, 0.15) is 0 Å². The maximum atomic E-state index is 12.2. The minimum Gasteiger partial charge on any atom is -0.493 e. The number of H-pyrrole nitrogens is 1. The molecule has 27 heavy (non-hydrogen) atoms. The summed E-state index contributed by atoms with van der Waals surface area (Å²) in [4.78, 5) is 23.3. The first-order valence-electron chi connectivity index (χ1n) is 8.28. The Hall–Kier alpha value is -3.61. The molecule has 1 amide bonds. The molecule has 1 aromatic heterocycles. The van der Waals surface area contributed by atoms with Crippen LogP contribution in [0.1, 0.15) is 5.56 Å². The van der Waals surface area contributed by atoms with E-state index in [1.807, 2.05) is 25.1 Å². The molecule has 7 nitrogen and oxygen atoms in total. The molecule has 2 N–H and O–H groups in total. The van der Waals surface area contributed by atoms with E-state index < -0.39 is 0 Å². The number of carbonyl (C=O) groups is 1. The first-order valence-corrected chi connectivity index (χ1v) is 8.28. The molecule has 0 saturated carbocycles. The Balaban J connectivity index is 1.65. The number of aromatic nitrogens is 2. The van der Waals surface area contributed by atoms with Crippen LogP contribution in [0.2, 0.25) is 0 Å². The number of nitrogens with one attached hydrogen (secondary N) is 2. The number of ether oxygens (including phenoxy) is 2. The van der Waals surface area contributed by atoms with Crippen molar-refractivity contribution >= 4 is 11.6 Å². The van der Waals surface area contributed by atoms with Crippen LogP contribution < -0.4 is 20.3 Å². The van der Waals surface area contributed by atoms with Gasteiger partial charge in [-0.3, -0.25) is 9.59 Å². The molecule has 0 radical (unpaired) electrons. The second kappa shape index (κ2) is 8.18. The van der Waals surface area contributed by atoms with Crippen molar-refractivity contribution in [1.29, 1.82) is 0 Å². The van der Waals surface area contributed by atoms with Gasteiger partial charge in [0.25, 0.3) is 11.5 Å². The summed E-state index contributed by atoms with van der Waals surface area (Å²) in [7, 11) is 1.55. The van der Waals surface area contributed by atoms with Gasteiger partial charge in [0, 0.05) is 17.3 Å². The summed E-state index contributed by atoms with van der Waals surface area (Å²) in [5.74, 6) is 0.780. The van der Waals surface area contributed by atoms with Crippen molar-refractivity contribution in [3.05, 3.63) is 70.5 Å². The molecule has 1 heterocycles. The lowest BCUT2D eigenvalue weighted by Crippen LogP contribution is -2.20. The van der Waals surface area contributed by atoms with Gasteiger partial charge in [-0.2, -0.15) is 5.10 Å². The van der Waals surface area contributed by atoms with E-state index in [0.717, 1.165) is 11.1 Å². The summed E-state index contributed by atoms with van der Waals surface area (Å²) in [6, 6.07) is 15.7.